The third-order valence-electron chi connectivity index (χ3n) is 4.04. The highest BCUT2D eigenvalue weighted by Gasteiger charge is 2.11. The number of hydrogen-bond donors (Lipinski definition) is 2. The van der Waals surface area contributed by atoms with Crippen LogP contribution in [0, 0.1) is 5.92 Å². The second-order valence-electron chi connectivity index (χ2n) is 5.85. The van der Waals surface area contributed by atoms with Crippen molar-refractivity contribution >= 4 is 0 Å². The van der Waals surface area contributed by atoms with E-state index in [9.17, 15) is 4.39 Å². The van der Waals surface area contributed by atoms with Gasteiger partial charge in [-0.2, -0.15) is 0 Å². The molecule has 1 aromatic rings. The summed E-state index contributed by atoms with van der Waals surface area (Å²) in [6.07, 6.45) is 5.90. The van der Waals surface area contributed by atoms with E-state index in [4.69, 9.17) is 10.8 Å². The van der Waals surface area contributed by atoms with Gasteiger partial charge in [-0.1, -0.05) is 44.0 Å². The van der Waals surface area contributed by atoms with Crippen molar-refractivity contribution < 1.29 is 9.50 Å². The van der Waals surface area contributed by atoms with Gasteiger partial charge in [-0.3, -0.25) is 0 Å². The molecule has 2 atom stereocenters. The van der Waals surface area contributed by atoms with Gasteiger partial charge in [0.2, 0.25) is 0 Å². The summed E-state index contributed by atoms with van der Waals surface area (Å²) in [6.45, 7) is 2.86. The minimum Gasteiger partial charge on any atom is -0.396 e. The number of nitrogens with two attached hydrogens (primary N) is 1. The molecule has 0 aliphatic heterocycles. The van der Waals surface area contributed by atoms with Crippen molar-refractivity contribution in [3.05, 3.63) is 35.4 Å². The third kappa shape index (κ3) is 7.05. The largest absolute Gasteiger partial charge is 0.396 e. The van der Waals surface area contributed by atoms with E-state index < -0.39 is 6.17 Å². The van der Waals surface area contributed by atoms with Crippen LogP contribution in [0.2, 0.25) is 0 Å². The van der Waals surface area contributed by atoms with Crippen molar-refractivity contribution in [3.8, 4) is 0 Å². The lowest BCUT2D eigenvalue weighted by Crippen LogP contribution is -2.05. The molecular formula is C18H30FNO. The van der Waals surface area contributed by atoms with Gasteiger partial charge in [-0.25, -0.2) is 4.39 Å². The molecule has 0 amide bonds. The van der Waals surface area contributed by atoms with Gasteiger partial charge in [0, 0.05) is 6.61 Å². The minimum absolute atomic E-state index is 0.276. The molecular weight excluding hydrogens is 265 g/mol. The second kappa shape index (κ2) is 10.7. The summed E-state index contributed by atoms with van der Waals surface area (Å²) in [6, 6.07) is 7.85. The summed E-state index contributed by atoms with van der Waals surface area (Å²) >= 11 is 0. The van der Waals surface area contributed by atoms with Crippen LogP contribution in [-0.4, -0.2) is 18.3 Å². The van der Waals surface area contributed by atoms with E-state index in [1.807, 2.05) is 18.2 Å². The Morgan fingerprint density at radius 3 is 2.67 bits per heavy atom. The van der Waals surface area contributed by atoms with Crippen LogP contribution in [0.25, 0.3) is 0 Å². The molecule has 0 spiro atoms. The number of rotatable bonds is 11. The van der Waals surface area contributed by atoms with Gasteiger partial charge in [0.05, 0.1) is 0 Å². The molecule has 0 heterocycles. The van der Waals surface area contributed by atoms with Gasteiger partial charge in [0.1, 0.15) is 6.17 Å². The Bertz CT molecular complexity index is 383. The van der Waals surface area contributed by atoms with Crippen LogP contribution < -0.4 is 5.73 Å². The first-order valence-electron chi connectivity index (χ1n) is 8.25. The molecule has 0 fully saturated rings. The molecule has 120 valence electrons. The lowest BCUT2D eigenvalue weighted by Gasteiger charge is -2.16. The van der Waals surface area contributed by atoms with Gasteiger partial charge < -0.3 is 10.8 Å². The first-order valence-corrected chi connectivity index (χ1v) is 8.25. The zero-order valence-electron chi connectivity index (χ0n) is 13.2. The lowest BCUT2D eigenvalue weighted by atomic mass is 9.91. The zero-order chi connectivity index (χ0) is 15.5. The number of aryl methyl sites for hydroxylation is 1. The molecule has 0 aliphatic carbocycles. The summed E-state index contributed by atoms with van der Waals surface area (Å²) in [7, 11) is 0. The standard InChI is InChI=1S/C18H30FNO/c1-2-5-15(7-4-13-21)9-10-16-6-3-8-17(14-16)18(19)11-12-20/h3,6,8,14-15,18,21H,2,4-5,7,9-13,20H2,1H3. The van der Waals surface area contributed by atoms with Crippen LogP contribution in [0.3, 0.4) is 0 Å². The predicted molar refractivity (Wildman–Crippen MR) is 87.0 cm³/mol. The molecule has 3 N–H and O–H groups in total. The maximum absolute atomic E-state index is 13.9. The van der Waals surface area contributed by atoms with Crippen molar-refractivity contribution in [2.45, 2.75) is 58.0 Å². The SMILES string of the molecule is CCCC(CCCO)CCc1cccc(C(F)CCN)c1. The molecule has 0 saturated carbocycles. The monoisotopic (exact) mass is 295 g/mol. The summed E-state index contributed by atoms with van der Waals surface area (Å²) in [5, 5.41) is 8.96. The van der Waals surface area contributed by atoms with E-state index in [-0.39, 0.29) is 6.61 Å². The normalized spacial score (nSPS) is 14.1. The van der Waals surface area contributed by atoms with Crippen LogP contribution in [0.5, 0.6) is 0 Å². The zero-order valence-corrected chi connectivity index (χ0v) is 13.2. The molecule has 2 unspecified atom stereocenters. The number of alkyl halides is 1. The Morgan fingerprint density at radius 2 is 2.00 bits per heavy atom. The van der Waals surface area contributed by atoms with Crippen molar-refractivity contribution in [1.29, 1.82) is 0 Å². The first kappa shape index (κ1) is 18.1. The second-order valence-corrected chi connectivity index (χ2v) is 5.85. The third-order valence-corrected chi connectivity index (χ3v) is 4.04. The Morgan fingerprint density at radius 1 is 1.19 bits per heavy atom. The summed E-state index contributed by atoms with van der Waals surface area (Å²) < 4.78 is 13.9. The fraction of sp³-hybridized carbons (Fsp3) is 0.667. The van der Waals surface area contributed by atoms with Crippen LogP contribution in [0.15, 0.2) is 24.3 Å². The minimum atomic E-state index is -0.948. The molecule has 0 aliphatic rings. The fourth-order valence-corrected chi connectivity index (χ4v) is 2.85. The van der Waals surface area contributed by atoms with Crippen LogP contribution >= 0.6 is 0 Å². The van der Waals surface area contributed by atoms with Gasteiger partial charge in [-0.05, 0) is 55.7 Å². The maximum Gasteiger partial charge on any atom is 0.126 e. The highest BCUT2D eigenvalue weighted by Crippen LogP contribution is 2.24. The molecule has 3 heteroatoms. The quantitative estimate of drug-likeness (QED) is 0.643. The number of halogens is 1. The Labute approximate surface area is 128 Å². The van der Waals surface area contributed by atoms with Gasteiger partial charge in [0.15, 0.2) is 0 Å². The molecule has 0 bridgehead atoms. The highest BCUT2D eigenvalue weighted by atomic mass is 19.1. The van der Waals surface area contributed by atoms with E-state index in [1.165, 1.54) is 18.4 Å². The molecule has 1 aromatic carbocycles. The van der Waals surface area contributed by atoms with Crippen LogP contribution in [0.4, 0.5) is 4.39 Å². The Hall–Kier alpha value is -0.930. The van der Waals surface area contributed by atoms with E-state index in [1.54, 1.807) is 0 Å². The topological polar surface area (TPSA) is 46.2 Å². The Balaban J connectivity index is 2.54. The predicted octanol–water partition coefficient (Wildman–Crippen LogP) is 4.17. The molecule has 0 saturated heterocycles. The van der Waals surface area contributed by atoms with Gasteiger partial charge in [-0.15, -0.1) is 0 Å². The highest BCUT2D eigenvalue weighted by molar-refractivity contribution is 5.25. The van der Waals surface area contributed by atoms with E-state index in [0.29, 0.717) is 18.9 Å². The summed E-state index contributed by atoms with van der Waals surface area (Å²) in [5.74, 6) is 0.663. The van der Waals surface area contributed by atoms with Gasteiger partial charge in [0.25, 0.3) is 0 Å². The van der Waals surface area contributed by atoms with E-state index in [0.717, 1.165) is 31.2 Å². The molecule has 21 heavy (non-hydrogen) atoms. The number of hydrogen-bond acceptors (Lipinski definition) is 2. The van der Waals surface area contributed by atoms with Gasteiger partial charge >= 0.3 is 0 Å². The fourth-order valence-electron chi connectivity index (χ4n) is 2.85. The molecule has 1 rings (SSSR count). The number of aliphatic hydroxyl groups is 1. The molecule has 0 radical (unpaired) electrons. The summed E-state index contributed by atoms with van der Waals surface area (Å²) in [4.78, 5) is 0. The Kier molecular flexibility index (Phi) is 9.27. The number of benzene rings is 1. The molecule has 0 aromatic heterocycles. The lowest BCUT2D eigenvalue weighted by molar-refractivity contribution is 0.264. The first-order chi connectivity index (χ1) is 10.2. The average Bonchev–Trinajstić information content (AvgIpc) is 2.50. The van der Waals surface area contributed by atoms with E-state index >= 15 is 0 Å². The van der Waals surface area contributed by atoms with Crippen molar-refractivity contribution in [2.75, 3.05) is 13.2 Å². The van der Waals surface area contributed by atoms with Crippen LogP contribution in [-0.2, 0) is 6.42 Å². The van der Waals surface area contributed by atoms with Crippen molar-refractivity contribution in [1.82, 2.24) is 0 Å². The van der Waals surface area contributed by atoms with Crippen molar-refractivity contribution in [2.24, 2.45) is 11.7 Å². The van der Waals surface area contributed by atoms with E-state index in [2.05, 4.69) is 13.0 Å². The maximum atomic E-state index is 13.9. The van der Waals surface area contributed by atoms with Crippen LogP contribution in [0.1, 0.15) is 62.7 Å². The summed E-state index contributed by atoms with van der Waals surface area (Å²) in [5.41, 5.74) is 7.38. The average molecular weight is 295 g/mol. The molecule has 2 nitrogen and oxygen atoms in total. The number of aliphatic hydroxyl groups excluding tert-OH is 1. The smallest absolute Gasteiger partial charge is 0.126 e. The van der Waals surface area contributed by atoms with Crippen molar-refractivity contribution in [3.63, 3.8) is 0 Å².